The fraction of sp³-hybridized carbons (Fsp3) is 0.560. The average Bonchev–Trinajstić information content (AvgIpc) is 3.50. The lowest BCUT2D eigenvalue weighted by Gasteiger charge is -2.39. The van der Waals surface area contributed by atoms with Gasteiger partial charge in [0.05, 0.1) is 0 Å². The third-order valence-corrected chi connectivity index (χ3v) is 8.34. The zero-order valence-electron chi connectivity index (χ0n) is 18.2. The number of thiocarbonyl (C=S) groups is 1. The average molecular weight is 438 g/mol. The number of hydrogen-bond acceptors (Lipinski definition) is 3. The minimum absolute atomic E-state index is 0.0222. The van der Waals surface area contributed by atoms with Gasteiger partial charge in [0.25, 0.3) is 5.91 Å². The van der Waals surface area contributed by atoms with Crippen LogP contribution in [0.1, 0.15) is 59.7 Å². The van der Waals surface area contributed by atoms with Gasteiger partial charge in [0, 0.05) is 43.3 Å². The maximum absolute atomic E-state index is 12.9. The molecule has 3 atom stereocenters. The van der Waals surface area contributed by atoms with Gasteiger partial charge in [0.2, 0.25) is 0 Å². The molecule has 5 rings (SSSR count). The Morgan fingerprint density at radius 2 is 1.61 bits per heavy atom. The molecule has 164 valence electrons. The highest BCUT2D eigenvalue weighted by molar-refractivity contribution is 7.80. The number of ketones is 1. The van der Waals surface area contributed by atoms with Crippen molar-refractivity contribution in [1.82, 2.24) is 15.1 Å². The maximum atomic E-state index is 12.9. The van der Waals surface area contributed by atoms with Crippen molar-refractivity contribution in [2.75, 3.05) is 26.2 Å². The van der Waals surface area contributed by atoms with Gasteiger partial charge in [-0.05, 0) is 80.6 Å². The molecule has 5 nitrogen and oxygen atoms in total. The first kappa shape index (κ1) is 20.7. The van der Waals surface area contributed by atoms with E-state index in [-0.39, 0.29) is 17.1 Å². The van der Waals surface area contributed by atoms with Crippen LogP contribution in [0.2, 0.25) is 0 Å². The van der Waals surface area contributed by atoms with Gasteiger partial charge >= 0.3 is 0 Å². The molecule has 1 unspecified atom stereocenters. The van der Waals surface area contributed by atoms with Gasteiger partial charge in [-0.15, -0.1) is 0 Å². The molecule has 0 radical (unpaired) electrons. The van der Waals surface area contributed by atoms with Crippen LogP contribution in [0.3, 0.4) is 0 Å². The standard InChI is InChI=1S/C25H31N3O2S/c1-17(29)19-4-6-20(7-5-19)23(30)27-11-8-25(9-12-27)10-13-28(16-25)24(31)26-22-15-18-2-3-21(22)14-18/h2-7,18,21-22H,8-16H2,1H3,(H,26,31)/t18-,21+,22?/m0/s1. The summed E-state index contributed by atoms with van der Waals surface area (Å²) in [6.45, 7) is 5.15. The predicted octanol–water partition coefficient (Wildman–Crippen LogP) is 3.66. The highest BCUT2D eigenvalue weighted by Gasteiger charge is 2.43. The summed E-state index contributed by atoms with van der Waals surface area (Å²) in [7, 11) is 0. The summed E-state index contributed by atoms with van der Waals surface area (Å²) in [5, 5.41) is 4.58. The van der Waals surface area contributed by atoms with Gasteiger partial charge in [0.1, 0.15) is 0 Å². The van der Waals surface area contributed by atoms with Crippen molar-refractivity contribution >= 4 is 29.0 Å². The van der Waals surface area contributed by atoms with E-state index in [1.165, 1.54) is 12.8 Å². The number of hydrogen-bond donors (Lipinski definition) is 1. The number of nitrogens with one attached hydrogen (secondary N) is 1. The topological polar surface area (TPSA) is 52.7 Å². The van der Waals surface area contributed by atoms with Gasteiger partial charge in [-0.2, -0.15) is 0 Å². The monoisotopic (exact) mass is 437 g/mol. The van der Waals surface area contributed by atoms with Gasteiger partial charge in [-0.3, -0.25) is 9.59 Å². The lowest BCUT2D eigenvalue weighted by atomic mass is 9.77. The number of allylic oxidation sites excluding steroid dienone is 1. The smallest absolute Gasteiger partial charge is 0.253 e. The van der Waals surface area contributed by atoms with E-state index in [1.54, 1.807) is 31.2 Å². The van der Waals surface area contributed by atoms with Crippen molar-refractivity contribution < 1.29 is 9.59 Å². The number of amides is 1. The Hall–Kier alpha value is -2.21. The minimum Gasteiger partial charge on any atom is -0.359 e. The molecule has 2 aliphatic carbocycles. The number of fused-ring (bicyclic) bond motifs is 2. The van der Waals surface area contributed by atoms with E-state index in [0.29, 0.717) is 23.1 Å². The molecule has 1 aromatic carbocycles. The fourth-order valence-electron chi connectivity index (χ4n) is 5.93. The number of carbonyl (C=O) groups is 2. The second kappa shape index (κ2) is 8.05. The van der Waals surface area contributed by atoms with Crippen LogP contribution >= 0.6 is 12.2 Å². The van der Waals surface area contributed by atoms with Gasteiger partial charge < -0.3 is 15.1 Å². The molecule has 1 aromatic rings. The predicted molar refractivity (Wildman–Crippen MR) is 125 cm³/mol. The molecule has 2 bridgehead atoms. The molecule has 1 N–H and O–H groups in total. The van der Waals surface area contributed by atoms with Crippen molar-refractivity contribution in [2.24, 2.45) is 17.3 Å². The summed E-state index contributed by atoms with van der Waals surface area (Å²) in [5.74, 6) is 1.49. The summed E-state index contributed by atoms with van der Waals surface area (Å²) >= 11 is 5.78. The van der Waals surface area contributed by atoms with Crippen LogP contribution in [0.15, 0.2) is 36.4 Å². The second-order valence-electron chi connectivity index (χ2n) is 9.93. The summed E-state index contributed by atoms with van der Waals surface area (Å²) in [6.07, 6.45) is 10.4. The summed E-state index contributed by atoms with van der Waals surface area (Å²) in [5.41, 5.74) is 1.58. The van der Waals surface area contributed by atoms with Gasteiger partial charge in [-0.25, -0.2) is 0 Å². The van der Waals surface area contributed by atoms with Crippen molar-refractivity contribution in [3.05, 3.63) is 47.5 Å². The normalized spacial score (nSPS) is 28.4. The Kier molecular flexibility index (Phi) is 5.37. The molecular formula is C25H31N3O2S. The molecular weight excluding hydrogens is 406 g/mol. The first-order valence-electron chi connectivity index (χ1n) is 11.6. The number of likely N-dealkylation sites (tertiary alicyclic amines) is 2. The Bertz CT molecular complexity index is 917. The number of nitrogens with zero attached hydrogens (tertiary/aromatic N) is 2. The van der Waals surface area contributed by atoms with Crippen molar-refractivity contribution in [3.8, 4) is 0 Å². The largest absolute Gasteiger partial charge is 0.359 e. The first-order chi connectivity index (χ1) is 14.9. The van der Waals surface area contributed by atoms with Crippen molar-refractivity contribution in [2.45, 2.75) is 45.1 Å². The van der Waals surface area contributed by atoms with E-state index in [4.69, 9.17) is 12.2 Å². The first-order valence-corrected chi connectivity index (χ1v) is 12.0. The molecule has 0 aromatic heterocycles. The number of rotatable bonds is 3. The SMILES string of the molecule is CC(=O)c1ccc(C(=O)N2CCC3(CC2)CCN(C(=S)NC2C[C@H]4C=C[C@@H]2C4)C3)cc1. The van der Waals surface area contributed by atoms with Crippen LogP contribution in [0.5, 0.6) is 0 Å². The zero-order chi connectivity index (χ0) is 21.6. The highest BCUT2D eigenvalue weighted by atomic mass is 32.1. The summed E-state index contributed by atoms with van der Waals surface area (Å²) < 4.78 is 0. The van der Waals surface area contributed by atoms with Crippen molar-refractivity contribution in [3.63, 3.8) is 0 Å². The molecule has 2 heterocycles. The molecule has 1 spiro atoms. The molecule has 2 saturated heterocycles. The summed E-state index contributed by atoms with van der Waals surface area (Å²) in [4.78, 5) is 28.7. The molecule has 3 fully saturated rings. The number of piperidine rings is 1. The van der Waals surface area contributed by atoms with Gasteiger partial charge in [0.15, 0.2) is 10.9 Å². The molecule has 31 heavy (non-hydrogen) atoms. The number of carbonyl (C=O) groups excluding carboxylic acids is 2. The summed E-state index contributed by atoms with van der Waals surface area (Å²) in [6, 6.07) is 7.55. The van der Waals surface area contributed by atoms with E-state index >= 15 is 0 Å². The van der Waals surface area contributed by atoms with Crippen LogP contribution < -0.4 is 5.32 Å². The Morgan fingerprint density at radius 3 is 2.19 bits per heavy atom. The van der Waals surface area contributed by atoms with Crippen LogP contribution in [-0.2, 0) is 0 Å². The second-order valence-corrected chi connectivity index (χ2v) is 10.3. The third kappa shape index (κ3) is 4.02. The number of Topliss-reactive ketones (excluding diaryl/α,β-unsaturated/α-hetero) is 1. The third-order valence-electron chi connectivity index (χ3n) is 7.96. The van der Waals surface area contributed by atoms with E-state index in [9.17, 15) is 9.59 Å². The number of benzene rings is 1. The molecule has 2 aliphatic heterocycles. The molecule has 1 saturated carbocycles. The Labute approximate surface area is 189 Å². The Balaban J connectivity index is 1.14. The van der Waals surface area contributed by atoms with Crippen LogP contribution in [0.4, 0.5) is 0 Å². The van der Waals surface area contributed by atoms with E-state index in [2.05, 4.69) is 22.4 Å². The molecule has 4 aliphatic rings. The van der Waals surface area contributed by atoms with E-state index in [0.717, 1.165) is 56.5 Å². The van der Waals surface area contributed by atoms with Crippen LogP contribution in [-0.4, -0.2) is 58.8 Å². The maximum Gasteiger partial charge on any atom is 0.253 e. The van der Waals surface area contributed by atoms with E-state index < -0.39 is 0 Å². The van der Waals surface area contributed by atoms with Crippen LogP contribution in [0, 0.1) is 17.3 Å². The van der Waals surface area contributed by atoms with E-state index in [1.807, 2.05) is 4.90 Å². The fourth-order valence-corrected chi connectivity index (χ4v) is 6.23. The lowest BCUT2D eigenvalue weighted by Crippen LogP contribution is -2.47. The lowest BCUT2D eigenvalue weighted by molar-refractivity contribution is 0.0598. The Morgan fingerprint density at radius 1 is 0.968 bits per heavy atom. The zero-order valence-corrected chi connectivity index (χ0v) is 19.0. The molecule has 1 amide bonds. The quantitative estimate of drug-likeness (QED) is 0.444. The van der Waals surface area contributed by atoms with Crippen molar-refractivity contribution in [1.29, 1.82) is 0 Å². The highest BCUT2D eigenvalue weighted by Crippen LogP contribution is 2.42. The van der Waals surface area contributed by atoms with Crippen LogP contribution in [0.25, 0.3) is 0 Å². The minimum atomic E-state index is 0.0222. The molecule has 6 heteroatoms. The van der Waals surface area contributed by atoms with Gasteiger partial charge in [-0.1, -0.05) is 24.3 Å².